The third-order valence-electron chi connectivity index (χ3n) is 2.88. The van der Waals surface area contributed by atoms with Gasteiger partial charge in [0.2, 0.25) is 0 Å². The molecule has 0 bridgehead atoms. The highest BCUT2D eigenvalue weighted by atomic mass is 35.5. The third-order valence-corrected chi connectivity index (χ3v) is 3.28. The van der Waals surface area contributed by atoms with E-state index in [4.69, 9.17) is 26.9 Å². The van der Waals surface area contributed by atoms with E-state index in [0.29, 0.717) is 18.2 Å². The molecule has 1 aromatic rings. The van der Waals surface area contributed by atoms with Gasteiger partial charge in [-0.05, 0) is 0 Å². The van der Waals surface area contributed by atoms with E-state index in [-0.39, 0.29) is 0 Å². The lowest BCUT2D eigenvalue weighted by Crippen LogP contribution is -2.10. The summed E-state index contributed by atoms with van der Waals surface area (Å²) in [5.74, 6) is 7.09. The maximum absolute atomic E-state index is 6.25. The molecule has 2 aliphatic heterocycles. The van der Waals surface area contributed by atoms with E-state index in [1.165, 1.54) is 0 Å². The second-order valence-electron chi connectivity index (χ2n) is 3.65. The van der Waals surface area contributed by atoms with Crippen LogP contribution in [0.3, 0.4) is 0 Å². The molecule has 5 heteroatoms. The molecule has 2 aliphatic rings. The summed E-state index contributed by atoms with van der Waals surface area (Å²) in [6.07, 6.45) is 1.64. The van der Waals surface area contributed by atoms with E-state index >= 15 is 0 Å². The van der Waals surface area contributed by atoms with Crippen molar-refractivity contribution < 1.29 is 9.47 Å². The van der Waals surface area contributed by atoms with Crippen LogP contribution in [0.5, 0.6) is 11.5 Å². The summed E-state index contributed by atoms with van der Waals surface area (Å²) in [6, 6.07) is 0. The van der Waals surface area contributed by atoms with Gasteiger partial charge in [0.25, 0.3) is 0 Å². The molecule has 0 saturated carbocycles. The van der Waals surface area contributed by atoms with E-state index in [0.717, 1.165) is 41.2 Å². The maximum Gasteiger partial charge on any atom is 0.149 e. The van der Waals surface area contributed by atoms with Gasteiger partial charge in [0.05, 0.1) is 23.9 Å². The van der Waals surface area contributed by atoms with Crippen LogP contribution >= 0.6 is 11.6 Å². The fraction of sp³-hybridized carbons (Fsp3) is 0.400. The fourth-order valence-electron chi connectivity index (χ4n) is 2.21. The average Bonchev–Trinajstić information content (AvgIpc) is 2.85. The SMILES string of the molecule is NNc1c2c(c(Cl)c3c1OCC3)OCC2. The van der Waals surface area contributed by atoms with Gasteiger partial charge in [0.1, 0.15) is 11.5 Å². The standard InChI is InChI=1S/C10H11ClN2O2/c11-7-5-1-3-15-10(5)8(13-12)6-2-4-14-9(6)7/h13H,1-4,12H2. The van der Waals surface area contributed by atoms with E-state index in [1.807, 2.05) is 0 Å². The number of anilines is 1. The van der Waals surface area contributed by atoms with Gasteiger partial charge in [-0.3, -0.25) is 5.84 Å². The van der Waals surface area contributed by atoms with Crippen molar-refractivity contribution in [2.45, 2.75) is 12.8 Å². The molecule has 0 radical (unpaired) electrons. The second-order valence-corrected chi connectivity index (χ2v) is 4.02. The maximum atomic E-state index is 6.25. The summed E-state index contributed by atoms with van der Waals surface area (Å²) in [5, 5.41) is 0.689. The minimum Gasteiger partial charge on any atom is -0.491 e. The highest BCUT2D eigenvalue weighted by Crippen LogP contribution is 2.49. The second kappa shape index (κ2) is 3.18. The quantitative estimate of drug-likeness (QED) is 0.563. The lowest BCUT2D eigenvalue weighted by Gasteiger charge is -2.13. The summed E-state index contributed by atoms with van der Waals surface area (Å²) >= 11 is 6.25. The van der Waals surface area contributed by atoms with Crippen molar-refractivity contribution in [2.24, 2.45) is 5.84 Å². The first-order valence-corrected chi connectivity index (χ1v) is 5.30. The molecule has 4 nitrogen and oxygen atoms in total. The van der Waals surface area contributed by atoms with Crippen LogP contribution in [0.15, 0.2) is 0 Å². The zero-order chi connectivity index (χ0) is 10.4. The fourth-order valence-corrected chi connectivity index (χ4v) is 2.55. The molecule has 0 spiro atoms. The van der Waals surface area contributed by atoms with Crippen LogP contribution in [0.1, 0.15) is 11.1 Å². The molecule has 0 unspecified atom stereocenters. The van der Waals surface area contributed by atoms with Crippen LogP contribution in [0.25, 0.3) is 0 Å². The molecule has 15 heavy (non-hydrogen) atoms. The van der Waals surface area contributed by atoms with E-state index in [1.54, 1.807) is 0 Å². The number of nitrogens with two attached hydrogens (primary N) is 1. The third kappa shape index (κ3) is 1.12. The molecule has 3 N–H and O–H groups in total. The number of ether oxygens (including phenoxy) is 2. The van der Waals surface area contributed by atoms with Crippen LogP contribution in [-0.2, 0) is 12.8 Å². The van der Waals surface area contributed by atoms with Crippen LogP contribution < -0.4 is 20.7 Å². The largest absolute Gasteiger partial charge is 0.491 e. The smallest absolute Gasteiger partial charge is 0.149 e. The average molecular weight is 227 g/mol. The predicted molar refractivity (Wildman–Crippen MR) is 57.7 cm³/mol. The number of nitrogens with one attached hydrogen (secondary N) is 1. The van der Waals surface area contributed by atoms with E-state index < -0.39 is 0 Å². The Morgan fingerprint density at radius 3 is 2.47 bits per heavy atom. The van der Waals surface area contributed by atoms with E-state index in [9.17, 15) is 0 Å². The molecule has 0 aromatic heterocycles. The van der Waals surface area contributed by atoms with Crippen molar-refractivity contribution in [1.29, 1.82) is 0 Å². The minimum atomic E-state index is 0.659. The summed E-state index contributed by atoms with van der Waals surface area (Å²) < 4.78 is 11.1. The number of hydrogen-bond acceptors (Lipinski definition) is 4. The normalized spacial score (nSPS) is 16.7. The minimum absolute atomic E-state index is 0.659. The Morgan fingerprint density at radius 2 is 1.73 bits per heavy atom. The molecule has 0 saturated heterocycles. The van der Waals surface area contributed by atoms with Gasteiger partial charge in [-0.2, -0.15) is 0 Å². The molecule has 3 rings (SSSR count). The first-order valence-electron chi connectivity index (χ1n) is 4.92. The molecular weight excluding hydrogens is 216 g/mol. The predicted octanol–water partition coefficient (Wildman–Crippen LogP) is 1.50. The van der Waals surface area contributed by atoms with Crippen molar-refractivity contribution in [1.82, 2.24) is 0 Å². The summed E-state index contributed by atoms with van der Waals surface area (Å²) in [6.45, 7) is 1.32. The first-order chi connectivity index (χ1) is 7.33. The van der Waals surface area contributed by atoms with Gasteiger partial charge in [-0.25, -0.2) is 0 Å². The molecule has 0 amide bonds. The molecular formula is C10H11ClN2O2. The zero-order valence-electron chi connectivity index (χ0n) is 8.10. The molecule has 80 valence electrons. The van der Waals surface area contributed by atoms with Gasteiger partial charge in [0, 0.05) is 24.0 Å². The molecule has 1 aromatic carbocycles. The summed E-state index contributed by atoms with van der Waals surface area (Å²) in [7, 11) is 0. The van der Waals surface area contributed by atoms with E-state index in [2.05, 4.69) is 5.43 Å². The Bertz CT molecular complexity index is 399. The molecule has 0 aliphatic carbocycles. The summed E-state index contributed by atoms with van der Waals surface area (Å²) in [4.78, 5) is 0. The van der Waals surface area contributed by atoms with Crippen molar-refractivity contribution in [2.75, 3.05) is 18.6 Å². The molecule has 2 heterocycles. The Balaban J connectivity index is 2.31. The van der Waals surface area contributed by atoms with Crippen LogP contribution in [0.4, 0.5) is 5.69 Å². The van der Waals surface area contributed by atoms with Gasteiger partial charge >= 0.3 is 0 Å². The van der Waals surface area contributed by atoms with Gasteiger partial charge in [0.15, 0.2) is 0 Å². The number of fused-ring (bicyclic) bond motifs is 2. The van der Waals surface area contributed by atoms with Crippen molar-refractivity contribution in [3.63, 3.8) is 0 Å². The number of hydrazine groups is 1. The number of benzene rings is 1. The lowest BCUT2D eigenvalue weighted by molar-refractivity contribution is 0.356. The highest BCUT2D eigenvalue weighted by Gasteiger charge is 2.30. The van der Waals surface area contributed by atoms with Crippen molar-refractivity contribution in [3.05, 3.63) is 16.1 Å². The van der Waals surface area contributed by atoms with Gasteiger partial charge < -0.3 is 14.9 Å². The van der Waals surface area contributed by atoms with Gasteiger partial charge in [-0.15, -0.1) is 0 Å². The first kappa shape index (κ1) is 9.12. The number of hydrogen-bond donors (Lipinski definition) is 2. The monoisotopic (exact) mass is 226 g/mol. The van der Waals surface area contributed by atoms with Crippen LogP contribution in [-0.4, -0.2) is 13.2 Å². The Morgan fingerprint density at radius 1 is 1.07 bits per heavy atom. The molecule has 0 fully saturated rings. The molecule has 0 atom stereocenters. The Hall–Kier alpha value is -1.13. The van der Waals surface area contributed by atoms with Crippen molar-refractivity contribution in [3.8, 4) is 11.5 Å². The number of rotatable bonds is 1. The highest BCUT2D eigenvalue weighted by molar-refractivity contribution is 6.33. The number of nitrogen functional groups attached to an aromatic ring is 1. The number of halogens is 1. The Labute approximate surface area is 92.3 Å². The topological polar surface area (TPSA) is 56.5 Å². The van der Waals surface area contributed by atoms with Crippen LogP contribution in [0.2, 0.25) is 5.02 Å². The van der Waals surface area contributed by atoms with Crippen molar-refractivity contribution >= 4 is 17.3 Å². The van der Waals surface area contributed by atoms with Gasteiger partial charge in [-0.1, -0.05) is 11.6 Å². The van der Waals surface area contributed by atoms with Crippen LogP contribution in [0, 0.1) is 0 Å². The zero-order valence-corrected chi connectivity index (χ0v) is 8.86. The Kier molecular flexibility index (Phi) is 1.94. The summed E-state index contributed by atoms with van der Waals surface area (Å²) in [5.41, 5.74) is 5.56. The lowest BCUT2D eigenvalue weighted by atomic mass is 10.0.